The fourth-order valence-electron chi connectivity index (χ4n) is 1.59. The van der Waals surface area contributed by atoms with Crippen LogP contribution in [-0.4, -0.2) is 25.7 Å². The molecule has 2 heterocycles. The number of nitrogens with zero attached hydrogens (tertiary/aromatic N) is 3. The van der Waals surface area contributed by atoms with Crippen LogP contribution in [0.15, 0.2) is 18.3 Å². The first kappa shape index (κ1) is 11.6. The third kappa shape index (κ3) is 2.01. The number of Topliss-reactive ketones (excluding diaryl/α,β-unsaturated/α-hetero) is 1. The summed E-state index contributed by atoms with van der Waals surface area (Å²) >= 11 is 5.68. The first-order valence-electron chi connectivity index (χ1n) is 4.89. The molecule has 0 aromatic carbocycles. The quantitative estimate of drug-likeness (QED) is 0.655. The molecule has 2 aromatic rings. The van der Waals surface area contributed by atoms with Gasteiger partial charge in [-0.2, -0.15) is 5.10 Å². The van der Waals surface area contributed by atoms with Crippen molar-refractivity contribution in [2.24, 2.45) is 7.05 Å². The zero-order chi connectivity index (χ0) is 12.6. The Morgan fingerprint density at radius 3 is 2.65 bits per heavy atom. The molecule has 0 aliphatic rings. The van der Waals surface area contributed by atoms with Crippen molar-refractivity contribution in [3.63, 3.8) is 0 Å². The summed E-state index contributed by atoms with van der Waals surface area (Å²) < 4.78 is 1.44. The molecule has 2 rings (SSSR count). The average molecular weight is 252 g/mol. The van der Waals surface area contributed by atoms with Gasteiger partial charge in [-0.05, 0) is 12.1 Å². The lowest BCUT2D eigenvalue weighted by Gasteiger charge is -2.01. The predicted molar refractivity (Wildman–Crippen MR) is 63.1 cm³/mol. The SMILES string of the molecule is CC(=O)c1nn(C)c(-c2ccc(Cl)nc2)c1O. The van der Waals surface area contributed by atoms with E-state index in [1.807, 2.05) is 0 Å². The number of carbonyl (C=O) groups is 1. The molecule has 88 valence electrons. The monoisotopic (exact) mass is 251 g/mol. The average Bonchev–Trinajstić information content (AvgIpc) is 2.56. The van der Waals surface area contributed by atoms with E-state index in [-0.39, 0.29) is 17.2 Å². The van der Waals surface area contributed by atoms with Crippen molar-refractivity contribution in [2.45, 2.75) is 6.92 Å². The summed E-state index contributed by atoms with van der Waals surface area (Å²) in [6, 6.07) is 3.31. The first-order chi connectivity index (χ1) is 8.00. The fraction of sp³-hybridized carbons (Fsp3) is 0.182. The van der Waals surface area contributed by atoms with Gasteiger partial charge in [-0.15, -0.1) is 0 Å². The molecule has 0 saturated carbocycles. The van der Waals surface area contributed by atoms with Crippen LogP contribution in [0, 0.1) is 0 Å². The van der Waals surface area contributed by atoms with Gasteiger partial charge in [-0.1, -0.05) is 11.6 Å². The summed E-state index contributed by atoms with van der Waals surface area (Å²) in [5, 5.41) is 14.3. The second-order valence-corrected chi connectivity index (χ2v) is 3.98. The molecule has 0 radical (unpaired) electrons. The van der Waals surface area contributed by atoms with Gasteiger partial charge in [0.1, 0.15) is 10.8 Å². The van der Waals surface area contributed by atoms with Crippen LogP contribution in [0.2, 0.25) is 5.15 Å². The second-order valence-electron chi connectivity index (χ2n) is 3.60. The highest BCUT2D eigenvalue weighted by Gasteiger charge is 2.19. The number of pyridine rings is 1. The molecule has 2 aromatic heterocycles. The maximum absolute atomic E-state index is 11.2. The maximum atomic E-state index is 11.2. The van der Waals surface area contributed by atoms with E-state index in [0.29, 0.717) is 16.4 Å². The van der Waals surface area contributed by atoms with E-state index in [9.17, 15) is 9.90 Å². The summed E-state index contributed by atoms with van der Waals surface area (Å²) in [4.78, 5) is 15.2. The van der Waals surface area contributed by atoms with Crippen molar-refractivity contribution in [3.8, 4) is 17.0 Å². The van der Waals surface area contributed by atoms with E-state index in [2.05, 4.69) is 10.1 Å². The van der Waals surface area contributed by atoms with Crippen LogP contribution in [-0.2, 0) is 7.05 Å². The second kappa shape index (κ2) is 4.18. The highest BCUT2D eigenvalue weighted by Crippen LogP contribution is 2.31. The Labute approximate surface area is 103 Å². The largest absolute Gasteiger partial charge is 0.504 e. The van der Waals surface area contributed by atoms with Crippen molar-refractivity contribution in [2.75, 3.05) is 0 Å². The Hall–Kier alpha value is -1.88. The van der Waals surface area contributed by atoms with Gasteiger partial charge in [-0.3, -0.25) is 9.48 Å². The lowest BCUT2D eigenvalue weighted by molar-refractivity contribution is 0.101. The van der Waals surface area contributed by atoms with E-state index in [1.165, 1.54) is 17.8 Å². The number of hydrogen-bond donors (Lipinski definition) is 1. The number of rotatable bonds is 2. The number of aryl methyl sites for hydroxylation is 1. The van der Waals surface area contributed by atoms with Crippen LogP contribution < -0.4 is 0 Å². The molecule has 17 heavy (non-hydrogen) atoms. The summed E-state index contributed by atoms with van der Waals surface area (Å²) in [5.74, 6) is -0.421. The van der Waals surface area contributed by atoms with Crippen LogP contribution in [0.5, 0.6) is 5.75 Å². The number of halogens is 1. The standard InChI is InChI=1S/C11H10ClN3O2/c1-6(16)9-11(17)10(15(2)14-9)7-3-4-8(12)13-5-7/h3-5,17H,1-2H3. The zero-order valence-corrected chi connectivity index (χ0v) is 10.1. The molecule has 0 amide bonds. The Balaban J connectivity index is 2.59. The molecule has 0 aliphatic carbocycles. The minimum absolute atomic E-state index is 0.0532. The molecule has 0 aliphatic heterocycles. The molecule has 5 nitrogen and oxygen atoms in total. The molecule has 0 saturated heterocycles. The van der Waals surface area contributed by atoms with Crippen LogP contribution in [0.4, 0.5) is 0 Å². The minimum Gasteiger partial charge on any atom is -0.504 e. The van der Waals surface area contributed by atoms with Gasteiger partial charge in [0.05, 0.1) is 0 Å². The molecular formula is C11H10ClN3O2. The smallest absolute Gasteiger partial charge is 0.183 e. The normalized spacial score (nSPS) is 10.5. The Morgan fingerprint density at radius 1 is 1.47 bits per heavy atom. The number of aromatic hydroxyl groups is 1. The number of ketones is 1. The highest BCUT2D eigenvalue weighted by molar-refractivity contribution is 6.29. The Bertz CT molecular complexity index is 575. The summed E-state index contributed by atoms with van der Waals surface area (Å²) in [6.07, 6.45) is 1.52. The van der Waals surface area contributed by atoms with Gasteiger partial charge in [0.25, 0.3) is 0 Å². The van der Waals surface area contributed by atoms with Gasteiger partial charge < -0.3 is 5.11 Å². The van der Waals surface area contributed by atoms with Gasteiger partial charge in [0.15, 0.2) is 17.2 Å². The molecule has 0 fully saturated rings. The van der Waals surface area contributed by atoms with Crippen LogP contribution in [0.25, 0.3) is 11.3 Å². The van der Waals surface area contributed by atoms with Crippen LogP contribution in [0.3, 0.4) is 0 Å². The predicted octanol–water partition coefficient (Wildman–Crippen LogP) is 2.04. The lowest BCUT2D eigenvalue weighted by atomic mass is 10.1. The fourth-order valence-corrected chi connectivity index (χ4v) is 1.70. The van der Waals surface area contributed by atoms with Crippen molar-refractivity contribution in [3.05, 3.63) is 29.2 Å². The van der Waals surface area contributed by atoms with E-state index in [1.54, 1.807) is 19.2 Å². The van der Waals surface area contributed by atoms with Gasteiger partial charge in [0, 0.05) is 25.7 Å². The lowest BCUT2D eigenvalue weighted by Crippen LogP contribution is -1.97. The summed E-state index contributed by atoms with van der Waals surface area (Å²) in [5.41, 5.74) is 1.14. The van der Waals surface area contributed by atoms with Gasteiger partial charge in [0.2, 0.25) is 0 Å². The molecule has 0 unspecified atom stereocenters. The van der Waals surface area contributed by atoms with E-state index >= 15 is 0 Å². The zero-order valence-electron chi connectivity index (χ0n) is 9.31. The molecule has 0 atom stereocenters. The number of carbonyl (C=O) groups excluding carboxylic acids is 1. The maximum Gasteiger partial charge on any atom is 0.183 e. The van der Waals surface area contributed by atoms with Gasteiger partial charge >= 0.3 is 0 Å². The number of aromatic nitrogens is 3. The van der Waals surface area contributed by atoms with Gasteiger partial charge in [-0.25, -0.2) is 4.98 Å². The van der Waals surface area contributed by atoms with Crippen molar-refractivity contribution in [1.29, 1.82) is 0 Å². The van der Waals surface area contributed by atoms with Crippen molar-refractivity contribution >= 4 is 17.4 Å². The van der Waals surface area contributed by atoms with Crippen LogP contribution in [0.1, 0.15) is 17.4 Å². The van der Waals surface area contributed by atoms with E-state index in [4.69, 9.17) is 11.6 Å². The van der Waals surface area contributed by atoms with Crippen molar-refractivity contribution in [1.82, 2.24) is 14.8 Å². The molecule has 0 bridgehead atoms. The first-order valence-corrected chi connectivity index (χ1v) is 5.27. The van der Waals surface area contributed by atoms with E-state index < -0.39 is 0 Å². The topological polar surface area (TPSA) is 68.0 Å². The molecule has 0 spiro atoms. The Kier molecular flexibility index (Phi) is 2.85. The molecular weight excluding hydrogens is 242 g/mol. The molecule has 1 N–H and O–H groups in total. The third-order valence-corrected chi connectivity index (χ3v) is 2.58. The summed E-state index contributed by atoms with van der Waals surface area (Å²) in [6.45, 7) is 1.35. The van der Waals surface area contributed by atoms with Crippen molar-refractivity contribution < 1.29 is 9.90 Å². The molecule has 6 heteroatoms. The van der Waals surface area contributed by atoms with Crippen LogP contribution >= 0.6 is 11.6 Å². The Morgan fingerprint density at radius 2 is 2.18 bits per heavy atom. The van der Waals surface area contributed by atoms with E-state index in [0.717, 1.165) is 0 Å². The minimum atomic E-state index is -0.286. The highest BCUT2D eigenvalue weighted by atomic mass is 35.5. The summed E-state index contributed by atoms with van der Waals surface area (Å²) in [7, 11) is 1.65. The number of hydrogen-bond acceptors (Lipinski definition) is 4. The third-order valence-electron chi connectivity index (χ3n) is 2.36.